The maximum absolute atomic E-state index is 13.9. The largest absolute Gasteiger partial charge is 0.436 e. The van der Waals surface area contributed by atoms with Gasteiger partial charge in [0.25, 0.3) is 5.91 Å². The first kappa shape index (κ1) is 38.5. The van der Waals surface area contributed by atoms with E-state index >= 15 is 0 Å². The van der Waals surface area contributed by atoms with Gasteiger partial charge in [0.2, 0.25) is 11.8 Å². The minimum Gasteiger partial charge on any atom is -0.436 e. The van der Waals surface area contributed by atoms with Crippen LogP contribution in [0.5, 0.6) is 0 Å². The highest BCUT2D eigenvalue weighted by atomic mass is 35.5. The lowest BCUT2D eigenvalue weighted by Crippen LogP contribution is -2.55. The van der Waals surface area contributed by atoms with Crippen molar-refractivity contribution in [3.63, 3.8) is 0 Å². The third-order valence-electron chi connectivity index (χ3n) is 8.42. The van der Waals surface area contributed by atoms with Crippen molar-refractivity contribution in [3.05, 3.63) is 71.8 Å². The number of nitrogens with two attached hydrogens (primary N) is 1. The number of aliphatic hydroxyl groups excluding tert-OH is 1. The summed E-state index contributed by atoms with van der Waals surface area (Å²) >= 11 is 0. The number of halogens is 1. The Kier molecular flexibility index (Phi) is 16.0. The van der Waals surface area contributed by atoms with Gasteiger partial charge in [-0.1, -0.05) is 74.5 Å². The third-order valence-corrected chi connectivity index (χ3v) is 8.42. The van der Waals surface area contributed by atoms with Crippen molar-refractivity contribution in [3.8, 4) is 0 Å². The number of rotatable bonds is 15. The van der Waals surface area contributed by atoms with Crippen molar-refractivity contribution in [2.75, 3.05) is 20.1 Å². The molecule has 3 rings (SSSR count). The van der Waals surface area contributed by atoms with E-state index in [2.05, 4.69) is 16.0 Å². The van der Waals surface area contributed by atoms with Gasteiger partial charge in [-0.15, -0.1) is 12.4 Å². The van der Waals surface area contributed by atoms with Gasteiger partial charge in [0.15, 0.2) is 6.10 Å². The number of amides is 4. The van der Waals surface area contributed by atoms with Crippen molar-refractivity contribution < 1.29 is 29.0 Å². The summed E-state index contributed by atoms with van der Waals surface area (Å²) in [4.78, 5) is 53.5. The standard InChI is InChI=1S/C34H49N5O6.ClH/c1-22(2)30(33(43)39-17-15-27(36-4)16-18-39)38-32(42)26(19-24-11-7-5-8-12-24)21-29(40)28(20-25-13-9-6-10-14-25)37-34(44)45-23(3)31(35)41;/h5-14,22-23,26-30,36,40H,15-21H2,1-4H3,(H2,35,41)(H,37,44)(H,38,42);1H/t23?,26?,28?,29?,30-;/m0./s1. The molecule has 254 valence electrons. The normalized spacial score (nSPS) is 16.7. The molecular formula is C34H50ClN5O6. The lowest BCUT2D eigenvalue weighted by atomic mass is 9.88. The van der Waals surface area contributed by atoms with E-state index < -0.39 is 42.2 Å². The van der Waals surface area contributed by atoms with Crippen LogP contribution in [-0.4, -0.2) is 84.3 Å². The minimum absolute atomic E-state index is 0. The zero-order valence-corrected chi connectivity index (χ0v) is 28.0. The van der Waals surface area contributed by atoms with Crippen molar-refractivity contribution in [1.82, 2.24) is 20.9 Å². The predicted molar refractivity (Wildman–Crippen MR) is 179 cm³/mol. The molecule has 0 spiro atoms. The van der Waals surface area contributed by atoms with E-state index in [-0.39, 0.29) is 43.0 Å². The highest BCUT2D eigenvalue weighted by Crippen LogP contribution is 2.21. The number of primary amides is 1. The fourth-order valence-corrected chi connectivity index (χ4v) is 5.56. The number of carbonyl (C=O) groups is 4. The monoisotopic (exact) mass is 659 g/mol. The van der Waals surface area contributed by atoms with Crippen molar-refractivity contribution in [1.29, 1.82) is 0 Å². The molecule has 0 aromatic heterocycles. The summed E-state index contributed by atoms with van der Waals surface area (Å²) in [5.74, 6) is -2.13. The van der Waals surface area contributed by atoms with Gasteiger partial charge >= 0.3 is 6.09 Å². The quantitative estimate of drug-likeness (QED) is 0.196. The van der Waals surface area contributed by atoms with Gasteiger partial charge in [0.1, 0.15) is 6.04 Å². The first-order valence-corrected chi connectivity index (χ1v) is 15.8. The molecule has 4 amide bonds. The molecule has 4 unspecified atom stereocenters. The Balaban J connectivity index is 0.00000736. The van der Waals surface area contributed by atoms with Crippen LogP contribution in [0.3, 0.4) is 0 Å². The maximum atomic E-state index is 13.9. The number of benzene rings is 2. The number of hydrogen-bond acceptors (Lipinski definition) is 7. The highest BCUT2D eigenvalue weighted by molar-refractivity contribution is 5.89. The topological polar surface area (TPSA) is 163 Å². The summed E-state index contributed by atoms with van der Waals surface area (Å²) in [6, 6.07) is 17.6. The summed E-state index contributed by atoms with van der Waals surface area (Å²) in [6.07, 6.45) is -0.982. The van der Waals surface area contributed by atoms with E-state index in [0.29, 0.717) is 25.6 Å². The van der Waals surface area contributed by atoms with Crippen LogP contribution in [0.1, 0.15) is 51.2 Å². The summed E-state index contributed by atoms with van der Waals surface area (Å²) in [6.45, 7) is 6.41. The number of alkyl carbamates (subject to hydrolysis) is 1. The average Bonchev–Trinajstić information content (AvgIpc) is 3.03. The van der Waals surface area contributed by atoms with Crippen LogP contribution >= 0.6 is 12.4 Å². The Bertz CT molecular complexity index is 1240. The van der Waals surface area contributed by atoms with Gasteiger partial charge in [0, 0.05) is 25.0 Å². The zero-order valence-electron chi connectivity index (χ0n) is 27.2. The fraction of sp³-hybridized carbons (Fsp3) is 0.529. The lowest BCUT2D eigenvalue weighted by molar-refractivity contribution is -0.139. The molecule has 2 aromatic carbocycles. The first-order valence-electron chi connectivity index (χ1n) is 15.8. The molecule has 12 heteroatoms. The minimum atomic E-state index is -1.17. The predicted octanol–water partition coefficient (Wildman–Crippen LogP) is 2.58. The average molecular weight is 660 g/mol. The first-order chi connectivity index (χ1) is 21.5. The number of ether oxygens (including phenoxy) is 1. The Morgan fingerprint density at radius 3 is 1.96 bits per heavy atom. The van der Waals surface area contributed by atoms with Crippen LogP contribution in [0.2, 0.25) is 0 Å². The molecule has 0 saturated carbocycles. The van der Waals surface area contributed by atoms with E-state index in [4.69, 9.17) is 10.5 Å². The molecule has 46 heavy (non-hydrogen) atoms. The fourth-order valence-electron chi connectivity index (χ4n) is 5.56. The molecule has 1 saturated heterocycles. The number of likely N-dealkylation sites (tertiary alicyclic amines) is 1. The molecule has 0 radical (unpaired) electrons. The molecule has 1 heterocycles. The van der Waals surface area contributed by atoms with Crippen LogP contribution in [0.4, 0.5) is 4.79 Å². The highest BCUT2D eigenvalue weighted by Gasteiger charge is 2.35. The van der Waals surface area contributed by atoms with Gasteiger partial charge in [-0.05, 0) is 63.1 Å². The third kappa shape index (κ3) is 11.9. The summed E-state index contributed by atoms with van der Waals surface area (Å²) < 4.78 is 5.09. The van der Waals surface area contributed by atoms with E-state index in [1.807, 2.05) is 86.5 Å². The summed E-state index contributed by atoms with van der Waals surface area (Å²) in [5, 5.41) is 20.5. The molecule has 2 aromatic rings. The number of hydrogen-bond donors (Lipinski definition) is 5. The lowest BCUT2D eigenvalue weighted by Gasteiger charge is -2.36. The Morgan fingerprint density at radius 1 is 0.913 bits per heavy atom. The van der Waals surface area contributed by atoms with Gasteiger partial charge in [0.05, 0.1) is 12.1 Å². The Hall–Kier alpha value is -3.67. The number of nitrogens with one attached hydrogen (secondary N) is 3. The van der Waals surface area contributed by atoms with Crippen molar-refractivity contribution >= 4 is 36.2 Å². The van der Waals surface area contributed by atoms with Gasteiger partial charge in [-0.2, -0.15) is 0 Å². The molecule has 1 fully saturated rings. The second-order valence-corrected chi connectivity index (χ2v) is 12.2. The maximum Gasteiger partial charge on any atom is 0.408 e. The zero-order chi connectivity index (χ0) is 32.9. The van der Waals surface area contributed by atoms with E-state index in [9.17, 15) is 24.3 Å². The molecule has 1 aliphatic heterocycles. The molecular weight excluding hydrogens is 610 g/mol. The van der Waals surface area contributed by atoms with Gasteiger partial charge in [-0.3, -0.25) is 14.4 Å². The van der Waals surface area contributed by atoms with E-state index in [1.54, 1.807) is 0 Å². The molecule has 11 nitrogen and oxygen atoms in total. The van der Waals surface area contributed by atoms with Crippen LogP contribution < -0.4 is 21.7 Å². The molecule has 0 bridgehead atoms. The second kappa shape index (κ2) is 19.1. The van der Waals surface area contributed by atoms with Crippen LogP contribution in [0.25, 0.3) is 0 Å². The Morgan fingerprint density at radius 2 is 1.46 bits per heavy atom. The van der Waals surface area contributed by atoms with Crippen LogP contribution in [0.15, 0.2) is 60.7 Å². The summed E-state index contributed by atoms with van der Waals surface area (Å²) in [7, 11) is 1.92. The molecule has 6 N–H and O–H groups in total. The number of nitrogens with zero attached hydrogens (tertiary/aromatic N) is 1. The van der Waals surface area contributed by atoms with Crippen LogP contribution in [0, 0.1) is 11.8 Å². The number of piperidine rings is 1. The van der Waals surface area contributed by atoms with E-state index in [0.717, 1.165) is 24.0 Å². The van der Waals surface area contributed by atoms with Crippen molar-refractivity contribution in [2.24, 2.45) is 17.6 Å². The van der Waals surface area contributed by atoms with Gasteiger partial charge in [-0.25, -0.2) is 4.79 Å². The van der Waals surface area contributed by atoms with Crippen molar-refractivity contribution in [2.45, 2.75) is 83.2 Å². The second-order valence-electron chi connectivity index (χ2n) is 12.2. The number of aliphatic hydroxyl groups is 1. The Labute approximate surface area is 278 Å². The van der Waals surface area contributed by atoms with E-state index in [1.165, 1.54) is 6.92 Å². The smallest absolute Gasteiger partial charge is 0.408 e. The summed E-state index contributed by atoms with van der Waals surface area (Å²) in [5.41, 5.74) is 6.99. The molecule has 0 aliphatic carbocycles. The number of carbonyl (C=O) groups excluding carboxylic acids is 4. The molecule has 1 aliphatic rings. The SMILES string of the molecule is CNC1CCN(C(=O)[C@@H](NC(=O)C(Cc2ccccc2)CC(O)C(Cc2ccccc2)NC(=O)OC(C)C(N)=O)C(C)C)CC1.Cl. The van der Waals surface area contributed by atoms with Gasteiger partial charge < -0.3 is 36.4 Å². The molecule has 5 atom stereocenters. The van der Waals surface area contributed by atoms with Crippen LogP contribution in [-0.2, 0) is 32.0 Å².